The quantitative estimate of drug-likeness (QED) is 0.805. The van der Waals surface area contributed by atoms with E-state index in [0.717, 1.165) is 37.5 Å². The lowest BCUT2D eigenvalue weighted by molar-refractivity contribution is 0.129. The topological polar surface area (TPSA) is 55.1 Å². The van der Waals surface area contributed by atoms with Crippen molar-refractivity contribution in [3.63, 3.8) is 0 Å². The summed E-state index contributed by atoms with van der Waals surface area (Å²) in [6.45, 7) is 6.67. The van der Waals surface area contributed by atoms with Crippen molar-refractivity contribution in [2.24, 2.45) is 11.8 Å². The molecule has 2 atom stereocenters. The summed E-state index contributed by atoms with van der Waals surface area (Å²) in [5.74, 6) is 3.36. The van der Waals surface area contributed by atoms with Crippen LogP contribution < -0.4 is 4.90 Å². The molecular weight excluding hydrogens is 264 g/mol. The lowest BCUT2D eigenvalue weighted by atomic mass is 9.61. The van der Waals surface area contributed by atoms with Crippen molar-refractivity contribution in [3.8, 4) is 0 Å². The van der Waals surface area contributed by atoms with E-state index < -0.39 is 0 Å². The highest BCUT2D eigenvalue weighted by molar-refractivity contribution is 5.38. The molecule has 2 aliphatic rings. The number of hydrogen-bond acceptors (Lipinski definition) is 5. The van der Waals surface area contributed by atoms with Crippen molar-refractivity contribution >= 4 is 5.82 Å². The van der Waals surface area contributed by atoms with Gasteiger partial charge in [-0.2, -0.15) is 0 Å². The molecule has 21 heavy (non-hydrogen) atoms. The van der Waals surface area contributed by atoms with E-state index in [1.54, 1.807) is 12.4 Å². The number of nitrogens with zero attached hydrogens (tertiary/aromatic N) is 4. The van der Waals surface area contributed by atoms with Gasteiger partial charge in [-0.3, -0.25) is 4.98 Å². The average molecular weight is 284 g/mol. The van der Waals surface area contributed by atoms with Gasteiger partial charge < -0.3 is 9.42 Å². The molecule has 1 fully saturated rings. The van der Waals surface area contributed by atoms with Gasteiger partial charge in [-0.05, 0) is 24.7 Å². The minimum absolute atomic E-state index is 0.0726. The Morgan fingerprint density at radius 2 is 2.19 bits per heavy atom. The molecule has 0 bridgehead atoms. The van der Waals surface area contributed by atoms with Gasteiger partial charge >= 0.3 is 0 Å². The normalized spacial score (nSPS) is 27.0. The maximum atomic E-state index is 5.55. The van der Waals surface area contributed by atoms with E-state index in [2.05, 4.69) is 33.9 Å². The Morgan fingerprint density at radius 1 is 1.29 bits per heavy atom. The fourth-order valence-corrected chi connectivity index (χ4v) is 4.24. The number of rotatable bonds is 1. The number of hydrogen-bond donors (Lipinski definition) is 0. The minimum atomic E-state index is 0.0726. The SMILES string of the molecule is CC1(C)c2oncc2CC2CN(c3cnccn3)CCC21. The average Bonchev–Trinajstić information content (AvgIpc) is 2.97. The summed E-state index contributed by atoms with van der Waals surface area (Å²) < 4.78 is 5.55. The Balaban J connectivity index is 1.63. The third kappa shape index (κ3) is 1.94. The number of aromatic nitrogens is 3. The summed E-state index contributed by atoms with van der Waals surface area (Å²) in [5, 5.41) is 4.02. The van der Waals surface area contributed by atoms with Gasteiger partial charge in [0.1, 0.15) is 11.6 Å². The predicted octanol–water partition coefficient (Wildman–Crippen LogP) is 2.44. The van der Waals surface area contributed by atoms with Crippen molar-refractivity contribution < 1.29 is 4.52 Å². The fraction of sp³-hybridized carbons (Fsp3) is 0.562. The zero-order chi connectivity index (χ0) is 14.4. The Hall–Kier alpha value is -1.91. The van der Waals surface area contributed by atoms with Gasteiger partial charge in [0.25, 0.3) is 0 Å². The second-order valence-electron chi connectivity index (χ2n) is 6.77. The largest absolute Gasteiger partial charge is 0.361 e. The van der Waals surface area contributed by atoms with Crippen molar-refractivity contribution in [2.45, 2.75) is 32.1 Å². The minimum Gasteiger partial charge on any atom is -0.361 e. The van der Waals surface area contributed by atoms with Gasteiger partial charge in [0, 0.05) is 36.5 Å². The molecule has 5 nitrogen and oxygen atoms in total. The monoisotopic (exact) mass is 284 g/mol. The molecule has 0 spiro atoms. The standard InChI is InChI=1S/C16H20N4O/c1-16(2)13-3-6-20(14-9-17-4-5-18-14)10-12(13)7-11-8-19-21-15(11)16/h4-5,8-9,12-13H,3,6-7,10H2,1-2H3. The zero-order valence-electron chi connectivity index (χ0n) is 12.5. The maximum Gasteiger partial charge on any atom is 0.147 e. The van der Waals surface area contributed by atoms with E-state index in [1.807, 2.05) is 12.4 Å². The summed E-state index contributed by atoms with van der Waals surface area (Å²) in [6.07, 6.45) is 9.47. The van der Waals surface area contributed by atoms with E-state index in [4.69, 9.17) is 4.52 Å². The van der Waals surface area contributed by atoms with Crippen LogP contribution in [0.5, 0.6) is 0 Å². The van der Waals surface area contributed by atoms with Crippen LogP contribution in [0.3, 0.4) is 0 Å². The smallest absolute Gasteiger partial charge is 0.147 e. The van der Waals surface area contributed by atoms with E-state index in [0.29, 0.717) is 11.8 Å². The summed E-state index contributed by atoms with van der Waals surface area (Å²) in [5.41, 5.74) is 1.35. The molecule has 0 saturated carbocycles. The van der Waals surface area contributed by atoms with Gasteiger partial charge in [-0.1, -0.05) is 19.0 Å². The van der Waals surface area contributed by atoms with Gasteiger partial charge in [0.15, 0.2) is 0 Å². The third-order valence-electron chi connectivity index (χ3n) is 5.25. The van der Waals surface area contributed by atoms with E-state index in [-0.39, 0.29) is 5.41 Å². The molecule has 1 aliphatic carbocycles. The summed E-state index contributed by atoms with van der Waals surface area (Å²) in [6, 6.07) is 0. The molecule has 4 rings (SSSR count). The van der Waals surface area contributed by atoms with Crippen molar-refractivity contribution in [1.29, 1.82) is 0 Å². The molecule has 0 amide bonds. The highest BCUT2D eigenvalue weighted by Gasteiger charge is 2.47. The first-order valence-corrected chi connectivity index (χ1v) is 7.61. The Morgan fingerprint density at radius 3 is 3.00 bits per heavy atom. The second-order valence-corrected chi connectivity index (χ2v) is 6.77. The summed E-state index contributed by atoms with van der Waals surface area (Å²) in [7, 11) is 0. The van der Waals surface area contributed by atoms with Crippen molar-refractivity contribution in [3.05, 3.63) is 36.1 Å². The molecule has 1 saturated heterocycles. The lowest BCUT2D eigenvalue weighted by Crippen LogP contribution is -2.50. The van der Waals surface area contributed by atoms with E-state index in [9.17, 15) is 0 Å². The first-order chi connectivity index (χ1) is 10.2. The van der Waals surface area contributed by atoms with E-state index >= 15 is 0 Å². The molecule has 110 valence electrons. The van der Waals surface area contributed by atoms with Gasteiger partial charge in [-0.15, -0.1) is 0 Å². The van der Waals surface area contributed by atoms with Crippen LogP contribution in [0, 0.1) is 11.8 Å². The molecule has 5 heteroatoms. The maximum absolute atomic E-state index is 5.55. The molecule has 1 aliphatic heterocycles. The van der Waals surface area contributed by atoms with Crippen molar-refractivity contribution in [1.82, 2.24) is 15.1 Å². The van der Waals surface area contributed by atoms with Gasteiger partial charge in [0.2, 0.25) is 0 Å². The lowest BCUT2D eigenvalue weighted by Gasteiger charge is -2.48. The first-order valence-electron chi connectivity index (χ1n) is 7.61. The van der Waals surface area contributed by atoms with Crippen LogP contribution in [0.15, 0.2) is 29.3 Å². The van der Waals surface area contributed by atoms with Gasteiger partial charge in [-0.25, -0.2) is 4.98 Å². The van der Waals surface area contributed by atoms with Crippen LogP contribution in [-0.2, 0) is 11.8 Å². The summed E-state index contributed by atoms with van der Waals surface area (Å²) >= 11 is 0. The molecule has 2 unspecified atom stereocenters. The molecular formula is C16H20N4O. The number of fused-ring (bicyclic) bond motifs is 2. The highest BCUT2D eigenvalue weighted by Crippen LogP contribution is 2.47. The molecule has 2 aromatic rings. The van der Waals surface area contributed by atoms with E-state index in [1.165, 1.54) is 5.56 Å². The number of piperidine rings is 1. The van der Waals surface area contributed by atoms with Crippen LogP contribution in [0.25, 0.3) is 0 Å². The first kappa shape index (κ1) is 12.8. The van der Waals surface area contributed by atoms with Gasteiger partial charge in [0.05, 0.1) is 12.4 Å². The molecule has 3 heterocycles. The zero-order valence-corrected chi connectivity index (χ0v) is 12.5. The molecule has 2 aromatic heterocycles. The van der Waals surface area contributed by atoms with Crippen LogP contribution in [0.4, 0.5) is 5.82 Å². The Labute approximate surface area is 124 Å². The Bertz CT molecular complexity index is 637. The highest BCUT2D eigenvalue weighted by atomic mass is 16.5. The second kappa shape index (κ2) is 4.55. The predicted molar refractivity (Wildman–Crippen MR) is 79.1 cm³/mol. The third-order valence-corrected chi connectivity index (χ3v) is 5.25. The summed E-state index contributed by atoms with van der Waals surface area (Å²) in [4.78, 5) is 11.0. The molecule has 0 N–H and O–H groups in total. The Kier molecular flexibility index (Phi) is 2.77. The molecule has 0 radical (unpaired) electrons. The van der Waals surface area contributed by atoms with Crippen LogP contribution in [-0.4, -0.2) is 28.2 Å². The van der Waals surface area contributed by atoms with Crippen LogP contribution in [0.1, 0.15) is 31.6 Å². The fourth-order valence-electron chi connectivity index (χ4n) is 4.24. The van der Waals surface area contributed by atoms with Crippen LogP contribution >= 0.6 is 0 Å². The molecule has 0 aromatic carbocycles. The number of anilines is 1. The van der Waals surface area contributed by atoms with Crippen molar-refractivity contribution in [2.75, 3.05) is 18.0 Å². The van der Waals surface area contributed by atoms with Crippen LogP contribution in [0.2, 0.25) is 0 Å².